The summed E-state index contributed by atoms with van der Waals surface area (Å²) >= 11 is 0. The number of hydrogen-bond donors (Lipinski definition) is 1. The van der Waals surface area contributed by atoms with Crippen LogP contribution in [-0.4, -0.2) is 14.8 Å². The van der Waals surface area contributed by atoms with E-state index in [4.69, 9.17) is 5.73 Å². The lowest BCUT2D eigenvalue weighted by Crippen LogP contribution is -2.17. The lowest BCUT2D eigenvalue weighted by Gasteiger charge is -2.12. The second-order valence-corrected chi connectivity index (χ2v) is 4.48. The second kappa shape index (κ2) is 5.78. The van der Waals surface area contributed by atoms with Crippen LogP contribution in [0.25, 0.3) is 0 Å². The third kappa shape index (κ3) is 2.76. The highest BCUT2D eigenvalue weighted by atomic mass is 15.3. The van der Waals surface area contributed by atoms with E-state index in [2.05, 4.69) is 46.0 Å². The van der Waals surface area contributed by atoms with E-state index in [1.807, 2.05) is 13.0 Å². The van der Waals surface area contributed by atoms with Crippen LogP contribution in [0.3, 0.4) is 0 Å². The lowest BCUT2D eigenvalue weighted by molar-refractivity contribution is 0.561. The van der Waals surface area contributed by atoms with Crippen molar-refractivity contribution in [1.82, 2.24) is 14.8 Å². The average Bonchev–Trinajstić information content (AvgIpc) is 2.78. The van der Waals surface area contributed by atoms with Crippen LogP contribution in [0.1, 0.15) is 36.6 Å². The Morgan fingerprint density at radius 1 is 1.22 bits per heavy atom. The van der Waals surface area contributed by atoms with Gasteiger partial charge in [0.2, 0.25) is 0 Å². The molecule has 0 saturated carbocycles. The Morgan fingerprint density at radius 2 is 1.94 bits per heavy atom. The minimum atomic E-state index is -0.0497. The van der Waals surface area contributed by atoms with E-state index < -0.39 is 0 Å². The molecule has 1 unspecified atom stereocenters. The van der Waals surface area contributed by atoms with E-state index in [0.29, 0.717) is 0 Å². The minimum absolute atomic E-state index is 0.0497. The van der Waals surface area contributed by atoms with Crippen LogP contribution in [-0.2, 0) is 13.0 Å². The highest BCUT2D eigenvalue weighted by Crippen LogP contribution is 2.16. The number of nitrogens with zero attached hydrogens (tertiary/aromatic N) is 3. The van der Waals surface area contributed by atoms with Gasteiger partial charge in [-0.05, 0) is 32.3 Å². The molecule has 0 bridgehead atoms. The standard InChI is InChI=1S/C14H20N4/c1-3-18-11(2)16-17-14(18)13(15)10-9-12-7-5-4-6-8-12/h4-8,13H,3,9-10,15H2,1-2H3. The molecule has 0 saturated heterocycles. The molecule has 1 aromatic heterocycles. The van der Waals surface area contributed by atoms with Crippen LogP contribution in [0.15, 0.2) is 30.3 Å². The zero-order valence-electron chi connectivity index (χ0n) is 11.0. The Hall–Kier alpha value is -1.68. The zero-order valence-corrected chi connectivity index (χ0v) is 11.0. The van der Waals surface area contributed by atoms with Crippen molar-refractivity contribution in [2.24, 2.45) is 5.73 Å². The molecule has 2 N–H and O–H groups in total. The van der Waals surface area contributed by atoms with Crippen molar-refractivity contribution in [2.75, 3.05) is 0 Å². The average molecular weight is 244 g/mol. The van der Waals surface area contributed by atoms with Gasteiger partial charge in [-0.3, -0.25) is 0 Å². The molecular formula is C14H20N4. The van der Waals surface area contributed by atoms with Crippen molar-refractivity contribution in [2.45, 2.75) is 39.3 Å². The molecule has 0 aliphatic carbocycles. The first-order valence-corrected chi connectivity index (χ1v) is 6.41. The summed E-state index contributed by atoms with van der Waals surface area (Å²) in [6.07, 6.45) is 1.86. The Morgan fingerprint density at radius 3 is 2.61 bits per heavy atom. The van der Waals surface area contributed by atoms with Gasteiger partial charge in [-0.15, -0.1) is 10.2 Å². The van der Waals surface area contributed by atoms with Crippen LogP contribution >= 0.6 is 0 Å². The number of hydrogen-bond acceptors (Lipinski definition) is 3. The Balaban J connectivity index is 2.01. The van der Waals surface area contributed by atoms with Crippen LogP contribution in [0, 0.1) is 6.92 Å². The smallest absolute Gasteiger partial charge is 0.149 e. The van der Waals surface area contributed by atoms with Crippen LogP contribution in [0.5, 0.6) is 0 Å². The molecule has 0 radical (unpaired) electrons. The topological polar surface area (TPSA) is 56.7 Å². The fourth-order valence-corrected chi connectivity index (χ4v) is 2.16. The van der Waals surface area contributed by atoms with Crippen LogP contribution in [0.4, 0.5) is 0 Å². The minimum Gasteiger partial charge on any atom is -0.321 e. The van der Waals surface area contributed by atoms with Crippen molar-refractivity contribution < 1.29 is 0 Å². The van der Waals surface area contributed by atoms with Gasteiger partial charge in [-0.25, -0.2) is 0 Å². The number of rotatable bonds is 5. The first-order valence-electron chi connectivity index (χ1n) is 6.41. The molecule has 0 spiro atoms. The number of nitrogens with two attached hydrogens (primary N) is 1. The molecule has 0 fully saturated rings. The van der Waals surface area contributed by atoms with Crippen molar-refractivity contribution in [3.63, 3.8) is 0 Å². The van der Waals surface area contributed by atoms with Crippen LogP contribution in [0.2, 0.25) is 0 Å². The molecule has 2 rings (SSSR count). The first kappa shape index (κ1) is 12.8. The third-order valence-electron chi connectivity index (χ3n) is 3.20. The number of benzene rings is 1. The molecule has 1 heterocycles. The summed E-state index contributed by atoms with van der Waals surface area (Å²) < 4.78 is 2.08. The predicted octanol–water partition coefficient (Wildman–Crippen LogP) is 2.24. The number of aryl methyl sites for hydroxylation is 2. The summed E-state index contributed by atoms with van der Waals surface area (Å²) in [5.41, 5.74) is 7.52. The maximum atomic E-state index is 6.21. The van der Waals surface area contributed by atoms with Crippen molar-refractivity contribution in [3.05, 3.63) is 47.5 Å². The van der Waals surface area contributed by atoms with E-state index in [9.17, 15) is 0 Å². The summed E-state index contributed by atoms with van der Waals surface area (Å²) in [5, 5.41) is 8.28. The summed E-state index contributed by atoms with van der Waals surface area (Å²) in [6.45, 7) is 4.92. The molecule has 4 nitrogen and oxygen atoms in total. The van der Waals surface area contributed by atoms with E-state index in [-0.39, 0.29) is 6.04 Å². The first-order chi connectivity index (χ1) is 8.72. The molecule has 1 atom stereocenters. The summed E-state index contributed by atoms with van der Waals surface area (Å²) in [4.78, 5) is 0. The van der Waals surface area contributed by atoms with Gasteiger partial charge >= 0.3 is 0 Å². The molecule has 2 aromatic rings. The van der Waals surface area contributed by atoms with E-state index in [1.54, 1.807) is 0 Å². The van der Waals surface area contributed by atoms with Crippen molar-refractivity contribution in [1.29, 1.82) is 0 Å². The Labute approximate surface area is 108 Å². The van der Waals surface area contributed by atoms with Crippen LogP contribution < -0.4 is 5.73 Å². The highest BCUT2D eigenvalue weighted by molar-refractivity contribution is 5.15. The molecule has 0 aliphatic rings. The Kier molecular flexibility index (Phi) is 4.10. The van der Waals surface area contributed by atoms with Gasteiger partial charge in [0, 0.05) is 6.54 Å². The van der Waals surface area contributed by atoms with Crippen molar-refractivity contribution in [3.8, 4) is 0 Å². The van der Waals surface area contributed by atoms with Gasteiger partial charge < -0.3 is 10.3 Å². The molecule has 0 amide bonds. The molecule has 96 valence electrons. The molecule has 1 aromatic carbocycles. The highest BCUT2D eigenvalue weighted by Gasteiger charge is 2.15. The number of aromatic nitrogens is 3. The molecule has 18 heavy (non-hydrogen) atoms. The van der Waals surface area contributed by atoms with Gasteiger partial charge in [-0.1, -0.05) is 30.3 Å². The van der Waals surface area contributed by atoms with Gasteiger partial charge in [0.25, 0.3) is 0 Å². The SMILES string of the molecule is CCn1c(C)nnc1C(N)CCc1ccccc1. The molecule has 4 heteroatoms. The fraction of sp³-hybridized carbons (Fsp3) is 0.429. The normalized spacial score (nSPS) is 12.6. The molecular weight excluding hydrogens is 224 g/mol. The van der Waals surface area contributed by atoms with Gasteiger partial charge in [0.1, 0.15) is 11.6 Å². The molecule has 0 aliphatic heterocycles. The van der Waals surface area contributed by atoms with Gasteiger partial charge in [0.15, 0.2) is 0 Å². The largest absolute Gasteiger partial charge is 0.321 e. The van der Waals surface area contributed by atoms with E-state index in [1.165, 1.54) is 5.56 Å². The van der Waals surface area contributed by atoms with E-state index in [0.717, 1.165) is 31.0 Å². The third-order valence-corrected chi connectivity index (χ3v) is 3.20. The summed E-state index contributed by atoms with van der Waals surface area (Å²) in [6, 6.07) is 10.3. The van der Waals surface area contributed by atoms with Crippen molar-refractivity contribution >= 4 is 0 Å². The lowest BCUT2D eigenvalue weighted by atomic mass is 10.1. The summed E-state index contributed by atoms with van der Waals surface area (Å²) in [5.74, 6) is 1.83. The second-order valence-electron chi connectivity index (χ2n) is 4.48. The quantitative estimate of drug-likeness (QED) is 0.877. The maximum absolute atomic E-state index is 6.21. The maximum Gasteiger partial charge on any atom is 0.149 e. The van der Waals surface area contributed by atoms with Gasteiger partial charge in [-0.2, -0.15) is 0 Å². The van der Waals surface area contributed by atoms with E-state index >= 15 is 0 Å². The fourth-order valence-electron chi connectivity index (χ4n) is 2.16. The Bertz CT molecular complexity index is 490. The van der Waals surface area contributed by atoms with Gasteiger partial charge in [0.05, 0.1) is 6.04 Å². The zero-order chi connectivity index (χ0) is 13.0. The monoisotopic (exact) mass is 244 g/mol. The summed E-state index contributed by atoms with van der Waals surface area (Å²) in [7, 11) is 0. The predicted molar refractivity (Wildman–Crippen MR) is 72.1 cm³/mol.